The van der Waals surface area contributed by atoms with Crippen molar-refractivity contribution in [3.8, 4) is 0 Å². The van der Waals surface area contributed by atoms with Crippen molar-refractivity contribution < 1.29 is 14.3 Å². The first kappa shape index (κ1) is 18.4. The van der Waals surface area contributed by atoms with Gasteiger partial charge in [0.15, 0.2) is 5.78 Å². The number of allylic oxidation sites excluding steroid dienone is 2. The van der Waals surface area contributed by atoms with Crippen LogP contribution in [0.4, 0.5) is 0 Å². The Morgan fingerprint density at radius 3 is 2.50 bits per heavy atom. The normalized spacial score (nSPS) is 18.2. The molecule has 1 fully saturated rings. The topological polar surface area (TPSA) is 46.6 Å². The number of methoxy groups -OCH3 is 1. The fourth-order valence-corrected chi connectivity index (χ4v) is 3.39. The zero-order chi connectivity index (χ0) is 18.5. The van der Waals surface area contributed by atoms with Gasteiger partial charge >= 0.3 is 5.97 Å². The molecule has 0 bridgehead atoms. The van der Waals surface area contributed by atoms with Gasteiger partial charge in [-0.25, -0.2) is 0 Å². The molecule has 5 heteroatoms. The largest absolute Gasteiger partial charge is 0.469 e. The Kier molecular flexibility index (Phi) is 5.89. The van der Waals surface area contributed by atoms with E-state index in [2.05, 4.69) is 20.8 Å². The van der Waals surface area contributed by atoms with Gasteiger partial charge in [-0.2, -0.15) is 0 Å². The lowest BCUT2D eigenvalue weighted by Crippen LogP contribution is -2.23. The fourth-order valence-electron chi connectivity index (χ4n) is 3.12. The van der Waals surface area contributed by atoms with Crippen molar-refractivity contribution in [2.45, 2.75) is 13.0 Å². The van der Waals surface area contributed by atoms with Crippen LogP contribution in [0.3, 0.4) is 0 Å². The molecule has 2 aromatic rings. The van der Waals surface area contributed by atoms with Crippen molar-refractivity contribution >= 4 is 27.7 Å². The molecule has 1 heterocycles. The average Bonchev–Trinajstić information content (AvgIpc) is 3.04. The van der Waals surface area contributed by atoms with Crippen LogP contribution in [0.5, 0.6) is 0 Å². The molecule has 1 saturated heterocycles. The summed E-state index contributed by atoms with van der Waals surface area (Å²) in [6, 6.07) is 17.3. The molecule has 0 spiro atoms. The summed E-state index contributed by atoms with van der Waals surface area (Å²) in [5.41, 5.74) is 2.64. The smallest absolute Gasteiger partial charge is 0.310 e. The van der Waals surface area contributed by atoms with Crippen LogP contribution in [-0.2, 0) is 16.1 Å². The Hall–Kier alpha value is -2.40. The number of hydrogen-bond acceptors (Lipinski definition) is 4. The number of carbonyl (C=O) groups excluding carboxylic acids is 2. The highest BCUT2D eigenvalue weighted by Crippen LogP contribution is 2.29. The van der Waals surface area contributed by atoms with Gasteiger partial charge in [-0.3, -0.25) is 9.59 Å². The first-order chi connectivity index (χ1) is 12.6. The van der Waals surface area contributed by atoms with Crippen LogP contribution in [0.2, 0.25) is 0 Å². The number of hydrogen-bond donors (Lipinski definition) is 0. The van der Waals surface area contributed by atoms with E-state index in [4.69, 9.17) is 4.74 Å². The van der Waals surface area contributed by atoms with Crippen LogP contribution >= 0.6 is 15.9 Å². The second kappa shape index (κ2) is 8.32. The molecule has 0 saturated carbocycles. The summed E-state index contributed by atoms with van der Waals surface area (Å²) in [6.45, 7) is 1.22. The number of ketones is 1. The van der Waals surface area contributed by atoms with Gasteiger partial charge in [0.1, 0.15) is 0 Å². The highest BCUT2D eigenvalue weighted by Gasteiger charge is 2.32. The third-order valence-corrected chi connectivity index (χ3v) is 5.01. The molecule has 26 heavy (non-hydrogen) atoms. The quantitative estimate of drug-likeness (QED) is 0.418. The van der Waals surface area contributed by atoms with Crippen LogP contribution in [0.15, 0.2) is 70.8 Å². The average molecular weight is 414 g/mol. The molecule has 2 aromatic carbocycles. The highest BCUT2D eigenvalue weighted by atomic mass is 79.9. The zero-order valence-electron chi connectivity index (χ0n) is 14.5. The summed E-state index contributed by atoms with van der Waals surface area (Å²) in [5.74, 6) is -0.536. The molecule has 1 unspecified atom stereocenters. The highest BCUT2D eigenvalue weighted by molar-refractivity contribution is 9.10. The zero-order valence-corrected chi connectivity index (χ0v) is 16.1. The lowest BCUT2D eigenvalue weighted by atomic mass is 10.1. The Bertz CT molecular complexity index is 815. The molecule has 4 nitrogen and oxygen atoms in total. The standard InChI is InChI=1S/C21H20BrNO3/c1-26-21(25)17-11-19(12-20(24)16-7-9-18(22)10-8-16)23(14-17)13-15-5-3-2-4-6-15/h2-10,12,17H,11,13-14H2,1H3/b19-12-. The summed E-state index contributed by atoms with van der Waals surface area (Å²) in [4.78, 5) is 26.7. The third kappa shape index (κ3) is 4.41. The van der Waals surface area contributed by atoms with E-state index < -0.39 is 0 Å². The predicted molar refractivity (Wildman–Crippen MR) is 104 cm³/mol. The molecule has 0 aromatic heterocycles. The molecule has 1 aliphatic heterocycles. The summed E-state index contributed by atoms with van der Waals surface area (Å²) >= 11 is 3.37. The lowest BCUT2D eigenvalue weighted by Gasteiger charge is -2.20. The van der Waals surface area contributed by atoms with Gasteiger partial charge in [0, 0.05) is 41.3 Å². The van der Waals surface area contributed by atoms with Crippen molar-refractivity contribution in [2.24, 2.45) is 5.92 Å². The van der Waals surface area contributed by atoms with E-state index >= 15 is 0 Å². The van der Waals surface area contributed by atoms with E-state index in [0.717, 1.165) is 15.7 Å². The van der Waals surface area contributed by atoms with Gasteiger partial charge < -0.3 is 9.64 Å². The molecular weight excluding hydrogens is 394 g/mol. The maximum absolute atomic E-state index is 12.6. The van der Waals surface area contributed by atoms with Crippen LogP contribution < -0.4 is 0 Å². The summed E-state index contributed by atoms with van der Waals surface area (Å²) < 4.78 is 5.83. The number of halogens is 1. The number of carbonyl (C=O) groups is 2. The predicted octanol–water partition coefficient (Wildman–Crippen LogP) is 4.21. The van der Waals surface area contributed by atoms with E-state index in [-0.39, 0.29) is 17.7 Å². The molecule has 0 aliphatic carbocycles. The van der Waals surface area contributed by atoms with E-state index in [1.54, 1.807) is 18.2 Å². The van der Waals surface area contributed by atoms with Crippen LogP contribution in [0, 0.1) is 5.92 Å². The van der Waals surface area contributed by atoms with Gasteiger partial charge in [-0.1, -0.05) is 46.3 Å². The monoisotopic (exact) mass is 413 g/mol. The van der Waals surface area contributed by atoms with Crippen molar-refractivity contribution in [2.75, 3.05) is 13.7 Å². The molecule has 0 radical (unpaired) electrons. The Morgan fingerprint density at radius 1 is 1.15 bits per heavy atom. The minimum atomic E-state index is -0.243. The number of nitrogens with zero attached hydrogens (tertiary/aromatic N) is 1. The number of likely N-dealkylation sites (tertiary alicyclic amines) is 1. The first-order valence-electron chi connectivity index (χ1n) is 8.44. The number of benzene rings is 2. The molecule has 0 N–H and O–H groups in total. The Balaban J connectivity index is 1.83. The second-order valence-corrected chi connectivity index (χ2v) is 7.21. The second-order valence-electron chi connectivity index (χ2n) is 6.30. The summed E-state index contributed by atoms with van der Waals surface area (Å²) in [6.07, 6.45) is 2.16. The van der Waals surface area contributed by atoms with Crippen LogP contribution in [0.25, 0.3) is 0 Å². The fraction of sp³-hybridized carbons (Fsp3) is 0.238. The summed E-state index contributed by atoms with van der Waals surface area (Å²) in [7, 11) is 1.40. The van der Waals surface area contributed by atoms with Crippen molar-refractivity contribution in [3.63, 3.8) is 0 Å². The maximum atomic E-state index is 12.6. The van der Waals surface area contributed by atoms with Crippen LogP contribution in [-0.4, -0.2) is 30.3 Å². The van der Waals surface area contributed by atoms with Crippen molar-refractivity contribution in [3.05, 3.63) is 82.0 Å². The number of rotatable bonds is 5. The Morgan fingerprint density at radius 2 is 1.85 bits per heavy atom. The van der Waals surface area contributed by atoms with E-state index in [1.165, 1.54) is 7.11 Å². The van der Waals surface area contributed by atoms with Gasteiger partial charge in [-0.15, -0.1) is 0 Å². The SMILES string of the molecule is COC(=O)C1C/C(=C/C(=O)c2ccc(Br)cc2)N(Cc2ccccc2)C1. The molecule has 134 valence electrons. The first-order valence-corrected chi connectivity index (χ1v) is 9.23. The molecule has 1 atom stereocenters. The number of ether oxygens (including phenoxy) is 1. The maximum Gasteiger partial charge on any atom is 0.310 e. The van der Waals surface area contributed by atoms with E-state index in [0.29, 0.717) is 25.1 Å². The Labute approximate surface area is 161 Å². The van der Waals surface area contributed by atoms with Gasteiger partial charge in [0.25, 0.3) is 0 Å². The lowest BCUT2D eigenvalue weighted by molar-refractivity contribution is -0.144. The van der Waals surface area contributed by atoms with Gasteiger partial charge in [0.05, 0.1) is 13.0 Å². The molecule has 0 amide bonds. The van der Waals surface area contributed by atoms with Crippen molar-refractivity contribution in [1.82, 2.24) is 4.90 Å². The molecular formula is C21H20BrNO3. The molecule has 1 aliphatic rings. The van der Waals surface area contributed by atoms with Gasteiger partial charge in [0.2, 0.25) is 0 Å². The van der Waals surface area contributed by atoms with E-state index in [9.17, 15) is 9.59 Å². The van der Waals surface area contributed by atoms with Gasteiger partial charge in [-0.05, 0) is 29.8 Å². The third-order valence-electron chi connectivity index (χ3n) is 4.48. The minimum absolute atomic E-state index is 0.0592. The van der Waals surface area contributed by atoms with Crippen molar-refractivity contribution in [1.29, 1.82) is 0 Å². The number of esters is 1. The minimum Gasteiger partial charge on any atom is -0.469 e. The van der Waals surface area contributed by atoms with Crippen LogP contribution in [0.1, 0.15) is 22.3 Å². The summed E-state index contributed by atoms with van der Waals surface area (Å²) in [5, 5.41) is 0. The van der Waals surface area contributed by atoms with E-state index in [1.807, 2.05) is 42.5 Å². The molecule has 3 rings (SSSR count).